The van der Waals surface area contributed by atoms with Gasteiger partial charge in [-0.3, -0.25) is 4.79 Å². The van der Waals surface area contributed by atoms with E-state index in [0.717, 1.165) is 25.8 Å². The third-order valence-electron chi connectivity index (χ3n) is 3.52. The Morgan fingerprint density at radius 3 is 2.79 bits per heavy atom. The van der Waals surface area contributed by atoms with Gasteiger partial charge in [0, 0.05) is 0 Å². The van der Waals surface area contributed by atoms with Crippen LogP contribution in [-0.2, 0) is 4.79 Å². The Bertz CT molecular complexity index is 478. The fourth-order valence-corrected chi connectivity index (χ4v) is 2.31. The number of nitrogens with one attached hydrogen (secondary N) is 2. The van der Waals surface area contributed by atoms with E-state index in [0.29, 0.717) is 5.69 Å². The van der Waals surface area contributed by atoms with E-state index < -0.39 is 11.5 Å². The molecule has 6 nitrogen and oxygen atoms in total. The Morgan fingerprint density at radius 2 is 2.32 bits per heavy atom. The van der Waals surface area contributed by atoms with Crippen molar-refractivity contribution in [2.24, 2.45) is 0 Å². The zero-order valence-corrected chi connectivity index (χ0v) is 10.8. The van der Waals surface area contributed by atoms with Crippen molar-refractivity contribution in [3.8, 4) is 0 Å². The van der Waals surface area contributed by atoms with Crippen LogP contribution >= 0.6 is 0 Å². The van der Waals surface area contributed by atoms with Gasteiger partial charge in [-0.15, -0.1) is 0 Å². The summed E-state index contributed by atoms with van der Waals surface area (Å²) in [7, 11) is 0. The van der Waals surface area contributed by atoms with E-state index in [9.17, 15) is 9.59 Å². The number of pyridine rings is 1. The number of aromatic nitrogens is 1. The summed E-state index contributed by atoms with van der Waals surface area (Å²) >= 11 is 0. The molecule has 1 saturated heterocycles. The topological polar surface area (TPSA) is 91.3 Å². The van der Waals surface area contributed by atoms with Gasteiger partial charge in [-0.1, -0.05) is 6.92 Å². The molecule has 6 heteroatoms. The maximum Gasteiger partial charge on any atom is 0.354 e. The summed E-state index contributed by atoms with van der Waals surface area (Å²) in [5.41, 5.74) is -0.0374. The molecule has 1 amide bonds. The lowest BCUT2D eigenvalue weighted by Gasteiger charge is -2.26. The van der Waals surface area contributed by atoms with Crippen molar-refractivity contribution < 1.29 is 14.7 Å². The molecule has 0 bridgehead atoms. The fraction of sp³-hybridized carbons (Fsp3) is 0.462. The van der Waals surface area contributed by atoms with Gasteiger partial charge in [0.05, 0.1) is 17.4 Å². The first-order valence-corrected chi connectivity index (χ1v) is 6.33. The van der Waals surface area contributed by atoms with Gasteiger partial charge in [0.25, 0.3) is 0 Å². The van der Waals surface area contributed by atoms with E-state index in [1.165, 1.54) is 12.3 Å². The van der Waals surface area contributed by atoms with Crippen LogP contribution < -0.4 is 10.6 Å². The van der Waals surface area contributed by atoms with Crippen LogP contribution in [0.15, 0.2) is 18.3 Å². The lowest BCUT2D eigenvalue weighted by Crippen LogP contribution is -2.50. The first-order chi connectivity index (χ1) is 9.07. The molecule has 1 aromatic rings. The number of rotatable bonds is 4. The lowest BCUT2D eigenvalue weighted by atomic mass is 9.93. The second-order valence-electron chi connectivity index (χ2n) is 4.66. The second kappa shape index (κ2) is 5.36. The van der Waals surface area contributed by atoms with E-state index in [4.69, 9.17) is 5.11 Å². The monoisotopic (exact) mass is 263 g/mol. The van der Waals surface area contributed by atoms with Crippen molar-refractivity contribution >= 4 is 17.6 Å². The molecule has 0 saturated carbocycles. The summed E-state index contributed by atoms with van der Waals surface area (Å²) in [6.07, 6.45) is 3.88. The third kappa shape index (κ3) is 2.73. The van der Waals surface area contributed by atoms with Gasteiger partial charge in [-0.2, -0.15) is 0 Å². The zero-order chi connectivity index (χ0) is 13.9. The first-order valence-electron chi connectivity index (χ1n) is 6.33. The van der Waals surface area contributed by atoms with Crippen LogP contribution in [0.4, 0.5) is 5.69 Å². The van der Waals surface area contributed by atoms with Crippen molar-refractivity contribution in [2.45, 2.75) is 31.7 Å². The van der Waals surface area contributed by atoms with Gasteiger partial charge in [-0.05, 0) is 37.9 Å². The summed E-state index contributed by atoms with van der Waals surface area (Å²) in [5, 5.41) is 14.8. The van der Waals surface area contributed by atoms with Crippen molar-refractivity contribution in [3.63, 3.8) is 0 Å². The smallest absolute Gasteiger partial charge is 0.354 e. The van der Waals surface area contributed by atoms with Crippen molar-refractivity contribution in [3.05, 3.63) is 24.0 Å². The van der Waals surface area contributed by atoms with Crippen LogP contribution in [0.3, 0.4) is 0 Å². The minimum atomic E-state index is -1.08. The number of nitrogens with zero attached hydrogens (tertiary/aromatic N) is 1. The van der Waals surface area contributed by atoms with E-state index in [1.54, 1.807) is 6.07 Å². The number of hydrogen-bond acceptors (Lipinski definition) is 4. The summed E-state index contributed by atoms with van der Waals surface area (Å²) < 4.78 is 0. The van der Waals surface area contributed by atoms with Gasteiger partial charge in [0.2, 0.25) is 5.91 Å². The third-order valence-corrected chi connectivity index (χ3v) is 3.52. The quantitative estimate of drug-likeness (QED) is 0.760. The van der Waals surface area contributed by atoms with Crippen molar-refractivity contribution in [1.82, 2.24) is 10.3 Å². The highest BCUT2D eigenvalue weighted by Crippen LogP contribution is 2.24. The Morgan fingerprint density at radius 1 is 1.53 bits per heavy atom. The zero-order valence-electron chi connectivity index (χ0n) is 10.8. The lowest BCUT2D eigenvalue weighted by molar-refractivity contribution is -0.122. The molecule has 1 atom stereocenters. The minimum absolute atomic E-state index is 0.0396. The van der Waals surface area contributed by atoms with Crippen LogP contribution in [-0.4, -0.2) is 34.1 Å². The molecular weight excluding hydrogens is 246 g/mol. The standard InChI is InChI=1S/C13H17N3O3/c1-2-13(6-3-7-15-13)12(19)16-9-4-5-10(11(17)18)14-8-9/h4-5,8,15H,2-3,6-7H2,1H3,(H,16,19)(H,17,18). The largest absolute Gasteiger partial charge is 0.477 e. The van der Waals surface area contributed by atoms with E-state index in [1.807, 2.05) is 6.92 Å². The van der Waals surface area contributed by atoms with Crippen LogP contribution in [0.5, 0.6) is 0 Å². The van der Waals surface area contributed by atoms with Crippen molar-refractivity contribution in [1.29, 1.82) is 0 Å². The molecule has 19 heavy (non-hydrogen) atoms. The Kier molecular flexibility index (Phi) is 3.80. The number of hydrogen-bond donors (Lipinski definition) is 3. The average Bonchev–Trinajstić information content (AvgIpc) is 2.89. The predicted molar refractivity (Wildman–Crippen MR) is 70.1 cm³/mol. The number of anilines is 1. The molecular formula is C13H17N3O3. The maximum atomic E-state index is 12.3. The van der Waals surface area contributed by atoms with E-state index in [2.05, 4.69) is 15.6 Å². The number of aromatic carboxylic acids is 1. The molecule has 3 N–H and O–H groups in total. The highest BCUT2D eigenvalue weighted by atomic mass is 16.4. The van der Waals surface area contributed by atoms with Crippen LogP contribution in [0.2, 0.25) is 0 Å². The fourth-order valence-electron chi connectivity index (χ4n) is 2.31. The predicted octanol–water partition coefficient (Wildman–Crippen LogP) is 1.25. The van der Waals surface area contributed by atoms with Crippen LogP contribution in [0.25, 0.3) is 0 Å². The Labute approximate surface area is 111 Å². The van der Waals surface area contributed by atoms with Gasteiger partial charge < -0.3 is 15.7 Å². The summed E-state index contributed by atoms with van der Waals surface area (Å²) in [6, 6.07) is 2.92. The van der Waals surface area contributed by atoms with Gasteiger partial charge in [0.1, 0.15) is 5.69 Å². The van der Waals surface area contributed by atoms with E-state index in [-0.39, 0.29) is 11.6 Å². The molecule has 1 aliphatic rings. The molecule has 102 valence electrons. The van der Waals surface area contributed by atoms with Gasteiger partial charge in [0.15, 0.2) is 0 Å². The highest BCUT2D eigenvalue weighted by molar-refractivity contribution is 5.98. The molecule has 1 unspecified atom stereocenters. The molecule has 1 aliphatic heterocycles. The summed E-state index contributed by atoms with van der Waals surface area (Å²) in [4.78, 5) is 26.7. The van der Waals surface area contributed by atoms with E-state index >= 15 is 0 Å². The second-order valence-corrected chi connectivity index (χ2v) is 4.66. The normalized spacial score (nSPS) is 22.2. The first kappa shape index (κ1) is 13.5. The SMILES string of the molecule is CCC1(C(=O)Nc2ccc(C(=O)O)nc2)CCCN1. The Balaban J connectivity index is 2.08. The number of carbonyl (C=O) groups excluding carboxylic acids is 1. The molecule has 2 rings (SSSR count). The Hall–Kier alpha value is -1.95. The maximum absolute atomic E-state index is 12.3. The number of carbonyl (C=O) groups is 2. The van der Waals surface area contributed by atoms with Gasteiger partial charge in [-0.25, -0.2) is 9.78 Å². The minimum Gasteiger partial charge on any atom is -0.477 e. The molecule has 0 aromatic carbocycles. The molecule has 0 radical (unpaired) electrons. The summed E-state index contributed by atoms with van der Waals surface area (Å²) in [6.45, 7) is 2.82. The molecule has 0 spiro atoms. The molecule has 1 aromatic heterocycles. The number of amides is 1. The number of carboxylic acid groups (broad SMARTS) is 1. The molecule has 2 heterocycles. The van der Waals surface area contributed by atoms with Crippen LogP contribution in [0.1, 0.15) is 36.7 Å². The molecule has 0 aliphatic carbocycles. The highest BCUT2D eigenvalue weighted by Gasteiger charge is 2.39. The average molecular weight is 263 g/mol. The van der Waals surface area contributed by atoms with Crippen molar-refractivity contribution in [2.75, 3.05) is 11.9 Å². The molecule has 1 fully saturated rings. The van der Waals surface area contributed by atoms with Crippen LogP contribution in [0, 0.1) is 0 Å². The number of carboxylic acids is 1. The summed E-state index contributed by atoms with van der Waals surface area (Å²) in [5.74, 6) is -1.17. The van der Waals surface area contributed by atoms with Gasteiger partial charge >= 0.3 is 5.97 Å².